The number of hydrogen-bond donors (Lipinski definition) is 0. The highest BCUT2D eigenvalue weighted by Gasteiger charge is 2.10. The fraction of sp³-hybridized carbons (Fsp3) is 0.188. The van der Waals surface area contributed by atoms with Crippen molar-refractivity contribution in [3.63, 3.8) is 0 Å². The minimum Gasteiger partial charge on any atom is -0.283 e. The fourth-order valence-corrected chi connectivity index (χ4v) is 2.27. The molecule has 6 nitrogen and oxygen atoms in total. The first-order valence-corrected chi connectivity index (χ1v) is 7.05. The van der Waals surface area contributed by atoms with Gasteiger partial charge in [-0.05, 0) is 35.2 Å². The molecular weight excluding hydrogens is 278 g/mol. The smallest absolute Gasteiger partial charge is 0.283 e. The van der Waals surface area contributed by atoms with E-state index in [1.54, 1.807) is 0 Å². The van der Waals surface area contributed by atoms with E-state index < -0.39 is 0 Å². The molecule has 3 aromatic rings. The second kappa shape index (κ2) is 6.36. The Morgan fingerprint density at radius 3 is 2.27 bits per heavy atom. The largest absolute Gasteiger partial charge is 0.369 e. The number of tetrazole rings is 1. The standard InChI is InChI=1S/C16H17N5O/c1-19(12-14-8-4-2-5-9-14)13-20-16(22)21(18-17-20)15-10-6-3-7-11-15/h2-11H,12-13H2,1H3. The van der Waals surface area contributed by atoms with Crippen molar-refractivity contribution in [2.24, 2.45) is 0 Å². The van der Waals surface area contributed by atoms with Crippen LogP contribution >= 0.6 is 0 Å². The summed E-state index contributed by atoms with van der Waals surface area (Å²) in [5.41, 5.74) is 1.66. The van der Waals surface area contributed by atoms with Gasteiger partial charge < -0.3 is 0 Å². The molecule has 0 aliphatic carbocycles. The normalized spacial score (nSPS) is 11.0. The second-order valence-electron chi connectivity index (χ2n) is 5.15. The van der Waals surface area contributed by atoms with Crippen LogP contribution < -0.4 is 5.69 Å². The van der Waals surface area contributed by atoms with Crippen LogP contribution in [-0.4, -0.2) is 31.7 Å². The van der Waals surface area contributed by atoms with Gasteiger partial charge in [0, 0.05) is 6.54 Å². The summed E-state index contributed by atoms with van der Waals surface area (Å²) < 4.78 is 2.66. The van der Waals surface area contributed by atoms with Gasteiger partial charge >= 0.3 is 5.69 Å². The minimum absolute atomic E-state index is 0.244. The van der Waals surface area contributed by atoms with Gasteiger partial charge in [-0.1, -0.05) is 48.5 Å². The van der Waals surface area contributed by atoms with Crippen LogP contribution in [0.5, 0.6) is 0 Å². The fourth-order valence-electron chi connectivity index (χ4n) is 2.27. The van der Waals surface area contributed by atoms with Crippen LogP contribution in [0.3, 0.4) is 0 Å². The van der Waals surface area contributed by atoms with Crippen LogP contribution in [0.15, 0.2) is 65.5 Å². The molecule has 0 radical (unpaired) electrons. The van der Waals surface area contributed by atoms with Gasteiger partial charge in [0.15, 0.2) is 0 Å². The Labute approximate surface area is 128 Å². The topological polar surface area (TPSA) is 56.0 Å². The highest BCUT2D eigenvalue weighted by molar-refractivity contribution is 5.28. The predicted molar refractivity (Wildman–Crippen MR) is 83.5 cm³/mol. The Morgan fingerprint density at radius 2 is 1.59 bits per heavy atom. The molecule has 0 fully saturated rings. The highest BCUT2D eigenvalue weighted by Crippen LogP contribution is 2.03. The molecule has 0 bridgehead atoms. The number of hydrogen-bond acceptors (Lipinski definition) is 4. The maximum Gasteiger partial charge on any atom is 0.369 e. The van der Waals surface area contributed by atoms with E-state index in [4.69, 9.17) is 0 Å². The maximum absolute atomic E-state index is 12.3. The first-order valence-electron chi connectivity index (χ1n) is 7.05. The van der Waals surface area contributed by atoms with Crippen LogP contribution in [0.2, 0.25) is 0 Å². The molecular formula is C16H17N5O. The molecule has 0 unspecified atom stereocenters. The summed E-state index contributed by atoms with van der Waals surface area (Å²) in [5.74, 6) is 0. The van der Waals surface area contributed by atoms with Crippen molar-refractivity contribution in [2.75, 3.05) is 7.05 Å². The number of benzene rings is 2. The van der Waals surface area contributed by atoms with Crippen LogP contribution in [0.4, 0.5) is 0 Å². The minimum atomic E-state index is -0.244. The quantitative estimate of drug-likeness (QED) is 0.716. The average molecular weight is 295 g/mol. The van der Waals surface area contributed by atoms with Gasteiger partial charge in [0.05, 0.1) is 5.69 Å². The summed E-state index contributed by atoms with van der Waals surface area (Å²) in [7, 11) is 1.95. The van der Waals surface area contributed by atoms with Crippen molar-refractivity contribution in [1.82, 2.24) is 24.7 Å². The molecule has 0 amide bonds. The molecule has 112 valence electrons. The summed E-state index contributed by atoms with van der Waals surface area (Å²) in [6.45, 7) is 1.13. The Bertz CT molecular complexity index is 779. The molecule has 2 aromatic carbocycles. The van der Waals surface area contributed by atoms with Crippen molar-refractivity contribution in [1.29, 1.82) is 0 Å². The Balaban J connectivity index is 1.74. The van der Waals surface area contributed by atoms with Crippen molar-refractivity contribution in [3.8, 4) is 5.69 Å². The Hall–Kier alpha value is -2.73. The summed E-state index contributed by atoms with van der Waals surface area (Å²) in [5, 5.41) is 7.89. The molecule has 22 heavy (non-hydrogen) atoms. The molecule has 0 aliphatic rings. The lowest BCUT2D eigenvalue weighted by molar-refractivity contribution is 0.239. The van der Waals surface area contributed by atoms with Crippen molar-refractivity contribution < 1.29 is 0 Å². The van der Waals surface area contributed by atoms with Gasteiger partial charge in [-0.3, -0.25) is 4.90 Å². The molecule has 1 heterocycles. The summed E-state index contributed by atoms with van der Waals surface area (Å²) in [6.07, 6.45) is 0. The van der Waals surface area contributed by atoms with Gasteiger partial charge in [0.1, 0.15) is 6.67 Å². The van der Waals surface area contributed by atoms with E-state index in [0.29, 0.717) is 12.4 Å². The van der Waals surface area contributed by atoms with Crippen LogP contribution in [-0.2, 0) is 13.2 Å². The summed E-state index contributed by atoms with van der Waals surface area (Å²) in [6, 6.07) is 19.4. The summed E-state index contributed by atoms with van der Waals surface area (Å²) in [4.78, 5) is 14.3. The van der Waals surface area contributed by atoms with E-state index in [9.17, 15) is 4.79 Å². The van der Waals surface area contributed by atoms with E-state index >= 15 is 0 Å². The van der Waals surface area contributed by atoms with Crippen LogP contribution in [0.1, 0.15) is 5.56 Å². The third-order valence-corrected chi connectivity index (χ3v) is 3.31. The lowest BCUT2D eigenvalue weighted by Gasteiger charge is -2.15. The zero-order chi connectivity index (χ0) is 15.4. The first kappa shape index (κ1) is 14.2. The van der Waals surface area contributed by atoms with Gasteiger partial charge in [-0.2, -0.15) is 9.36 Å². The van der Waals surface area contributed by atoms with Crippen molar-refractivity contribution in [2.45, 2.75) is 13.2 Å². The van der Waals surface area contributed by atoms with E-state index in [1.807, 2.05) is 60.5 Å². The molecule has 0 saturated heterocycles. The third-order valence-electron chi connectivity index (χ3n) is 3.31. The molecule has 3 rings (SSSR count). The van der Waals surface area contributed by atoms with Crippen molar-refractivity contribution in [3.05, 3.63) is 76.7 Å². The van der Waals surface area contributed by atoms with E-state index in [2.05, 4.69) is 22.6 Å². The summed E-state index contributed by atoms with van der Waals surface area (Å²) >= 11 is 0. The molecule has 0 atom stereocenters. The van der Waals surface area contributed by atoms with Crippen LogP contribution in [0, 0.1) is 0 Å². The molecule has 0 spiro atoms. The van der Waals surface area contributed by atoms with E-state index in [-0.39, 0.29) is 5.69 Å². The number of rotatable bonds is 5. The molecule has 0 aliphatic heterocycles. The van der Waals surface area contributed by atoms with Gasteiger partial charge in [-0.15, -0.1) is 0 Å². The molecule has 0 saturated carbocycles. The molecule has 0 N–H and O–H groups in total. The third kappa shape index (κ3) is 3.12. The monoisotopic (exact) mass is 295 g/mol. The molecule has 1 aromatic heterocycles. The zero-order valence-electron chi connectivity index (χ0n) is 12.3. The second-order valence-corrected chi connectivity index (χ2v) is 5.15. The number of nitrogens with zero attached hydrogens (tertiary/aromatic N) is 5. The number of aromatic nitrogens is 4. The maximum atomic E-state index is 12.3. The lowest BCUT2D eigenvalue weighted by Crippen LogP contribution is -2.31. The number of para-hydroxylation sites is 1. The van der Waals surface area contributed by atoms with E-state index in [0.717, 1.165) is 6.54 Å². The van der Waals surface area contributed by atoms with Gasteiger partial charge in [0.2, 0.25) is 0 Å². The molecule has 6 heteroatoms. The van der Waals surface area contributed by atoms with Crippen LogP contribution in [0.25, 0.3) is 5.69 Å². The average Bonchev–Trinajstić information content (AvgIpc) is 2.90. The SMILES string of the molecule is CN(Cc1ccccc1)Cn1nnn(-c2ccccc2)c1=O. The van der Waals surface area contributed by atoms with Gasteiger partial charge in [0.25, 0.3) is 0 Å². The van der Waals surface area contributed by atoms with E-state index in [1.165, 1.54) is 14.9 Å². The predicted octanol–water partition coefficient (Wildman–Crippen LogP) is 1.52. The van der Waals surface area contributed by atoms with Gasteiger partial charge in [-0.25, -0.2) is 4.79 Å². The zero-order valence-corrected chi connectivity index (χ0v) is 12.3. The highest BCUT2D eigenvalue weighted by atomic mass is 16.2. The van der Waals surface area contributed by atoms with Crippen molar-refractivity contribution >= 4 is 0 Å². The Kier molecular flexibility index (Phi) is 4.11. The lowest BCUT2D eigenvalue weighted by atomic mass is 10.2. The first-order chi connectivity index (χ1) is 10.7. The Morgan fingerprint density at radius 1 is 0.955 bits per heavy atom.